The van der Waals surface area contributed by atoms with Gasteiger partial charge in [0.05, 0.1) is 0 Å². The minimum atomic E-state index is -0.190. The molecular weight excluding hydrogens is 73.7 g/mol. The first kappa shape index (κ1) is 6.09. The fourth-order valence-electron chi connectivity index (χ4n) is 0.236. The maximum Gasteiger partial charge on any atom is 0.241 e. The highest BCUT2D eigenvalue weighted by Crippen LogP contribution is 1.79. The van der Waals surface area contributed by atoms with Gasteiger partial charge in [0.1, 0.15) is 7.17 Å². The van der Waals surface area contributed by atoms with E-state index in [1.807, 2.05) is 13.7 Å². The SMILES string of the molecule is C[B]B(O)CC. The molecule has 0 fully saturated rings. The molecule has 0 aromatic rings. The van der Waals surface area contributed by atoms with E-state index in [1.165, 1.54) is 0 Å². The number of hydrogen-bond donors (Lipinski definition) is 1. The Hall–Kier alpha value is 0.0899. The van der Waals surface area contributed by atoms with Crippen molar-refractivity contribution in [1.82, 2.24) is 0 Å². The van der Waals surface area contributed by atoms with Crippen LogP contribution in [0.1, 0.15) is 6.92 Å². The van der Waals surface area contributed by atoms with E-state index in [0.29, 0.717) is 0 Å². The Balaban J connectivity index is 2.75. The largest absolute Gasteiger partial charge is 0.459 e. The summed E-state index contributed by atoms with van der Waals surface area (Å²) >= 11 is 0. The van der Waals surface area contributed by atoms with Gasteiger partial charge in [0.25, 0.3) is 0 Å². The van der Waals surface area contributed by atoms with E-state index in [-0.39, 0.29) is 6.81 Å². The van der Waals surface area contributed by atoms with Crippen molar-refractivity contribution in [3.8, 4) is 0 Å². The third-order valence-electron chi connectivity index (χ3n) is 0.803. The van der Waals surface area contributed by atoms with Gasteiger partial charge in [0, 0.05) is 0 Å². The molecule has 0 aliphatic carbocycles. The van der Waals surface area contributed by atoms with Gasteiger partial charge in [-0.3, -0.25) is 0 Å². The second-order valence-corrected chi connectivity index (χ2v) is 1.31. The second-order valence-electron chi connectivity index (χ2n) is 1.31. The molecule has 33 valence electrons. The van der Waals surface area contributed by atoms with Crippen LogP contribution in [0, 0.1) is 0 Å². The molecule has 1 N–H and O–H groups in total. The van der Waals surface area contributed by atoms with Crippen molar-refractivity contribution in [1.29, 1.82) is 0 Å². The molecule has 3 heteroatoms. The third kappa shape index (κ3) is 2.33. The Labute approximate surface area is 40.1 Å². The maximum atomic E-state index is 8.61. The zero-order valence-corrected chi connectivity index (χ0v) is 4.31. The zero-order chi connectivity index (χ0) is 4.99. The van der Waals surface area contributed by atoms with Crippen LogP contribution in [0.5, 0.6) is 0 Å². The normalized spacial score (nSPS) is 7.83. The minimum Gasteiger partial charge on any atom is -0.459 e. The van der Waals surface area contributed by atoms with Crippen molar-refractivity contribution >= 4 is 14.0 Å². The van der Waals surface area contributed by atoms with Gasteiger partial charge >= 0.3 is 0 Å². The van der Waals surface area contributed by atoms with Crippen LogP contribution in [0.4, 0.5) is 0 Å². The van der Waals surface area contributed by atoms with E-state index in [0.717, 1.165) is 6.32 Å². The molecular formula is C3H9B2O. The predicted octanol–water partition coefficient (Wildman–Crippen LogP) is 0.239. The molecule has 1 nitrogen and oxygen atoms in total. The molecule has 0 heterocycles. The summed E-state index contributed by atoms with van der Waals surface area (Å²) < 4.78 is 0. The molecule has 0 aromatic carbocycles. The molecule has 0 atom stereocenters. The summed E-state index contributed by atoms with van der Waals surface area (Å²) in [4.78, 5) is 0. The van der Waals surface area contributed by atoms with Crippen molar-refractivity contribution in [2.24, 2.45) is 0 Å². The van der Waals surface area contributed by atoms with E-state index in [9.17, 15) is 0 Å². The van der Waals surface area contributed by atoms with E-state index in [2.05, 4.69) is 0 Å². The van der Waals surface area contributed by atoms with Crippen molar-refractivity contribution in [3.05, 3.63) is 0 Å². The molecule has 0 saturated heterocycles. The molecule has 6 heavy (non-hydrogen) atoms. The zero-order valence-electron chi connectivity index (χ0n) is 4.31. The van der Waals surface area contributed by atoms with E-state index in [4.69, 9.17) is 5.02 Å². The molecule has 0 aliphatic heterocycles. The van der Waals surface area contributed by atoms with E-state index in [1.54, 1.807) is 7.17 Å². The number of hydrogen-bond acceptors (Lipinski definition) is 1. The van der Waals surface area contributed by atoms with E-state index < -0.39 is 0 Å². The summed E-state index contributed by atoms with van der Waals surface area (Å²) in [6.45, 7) is 3.61. The lowest BCUT2D eigenvalue weighted by Gasteiger charge is -1.90. The molecule has 0 unspecified atom stereocenters. The minimum absolute atomic E-state index is 0.190. The number of rotatable bonds is 2. The Morgan fingerprint density at radius 2 is 2.33 bits per heavy atom. The lowest BCUT2D eigenvalue weighted by molar-refractivity contribution is 0.592. The summed E-state index contributed by atoms with van der Waals surface area (Å²) in [6.07, 6.45) is 0.830. The molecule has 0 aliphatic rings. The Morgan fingerprint density at radius 1 is 1.83 bits per heavy atom. The van der Waals surface area contributed by atoms with Crippen molar-refractivity contribution < 1.29 is 5.02 Å². The molecule has 0 spiro atoms. The lowest BCUT2D eigenvalue weighted by Crippen LogP contribution is -2.16. The first-order chi connectivity index (χ1) is 2.81. The second kappa shape index (κ2) is 3.29. The molecule has 0 amide bonds. The highest BCUT2D eigenvalue weighted by atomic mass is 16.2. The van der Waals surface area contributed by atoms with Crippen LogP contribution in [0.15, 0.2) is 0 Å². The van der Waals surface area contributed by atoms with Crippen LogP contribution in [-0.2, 0) is 0 Å². The van der Waals surface area contributed by atoms with Gasteiger partial charge < -0.3 is 5.02 Å². The monoisotopic (exact) mass is 83.1 g/mol. The summed E-state index contributed by atoms with van der Waals surface area (Å²) in [7, 11) is 1.78. The van der Waals surface area contributed by atoms with Crippen LogP contribution in [0.2, 0.25) is 13.1 Å². The van der Waals surface area contributed by atoms with E-state index >= 15 is 0 Å². The van der Waals surface area contributed by atoms with Crippen LogP contribution >= 0.6 is 0 Å². The molecule has 1 radical (unpaired) electrons. The first-order valence-corrected chi connectivity index (χ1v) is 2.28. The highest BCUT2D eigenvalue weighted by Gasteiger charge is 2.00. The van der Waals surface area contributed by atoms with Gasteiger partial charge in [0.15, 0.2) is 0 Å². The third-order valence-corrected chi connectivity index (χ3v) is 0.803. The summed E-state index contributed by atoms with van der Waals surface area (Å²) in [6, 6.07) is 0. The van der Waals surface area contributed by atoms with Crippen LogP contribution < -0.4 is 0 Å². The van der Waals surface area contributed by atoms with Gasteiger partial charge in [-0.25, -0.2) is 0 Å². The van der Waals surface area contributed by atoms with Crippen molar-refractivity contribution in [3.63, 3.8) is 0 Å². The molecule has 0 bridgehead atoms. The average Bonchev–Trinajstić information content (AvgIpc) is 1.65. The standard InChI is InChI=1S/C3H9B2O/c1-3-5(6)4-2/h6H,3H2,1-2H3. The quantitative estimate of drug-likeness (QED) is 0.474. The first-order valence-electron chi connectivity index (χ1n) is 2.28. The Bertz CT molecular complexity index is 28.0. The highest BCUT2D eigenvalue weighted by molar-refractivity contribution is 7.07. The fourth-order valence-corrected chi connectivity index (χ4v) is 0.236. The van der Waals surface area contributed by atoms with Crippen LogP contribution in [0.25, 0.3) is 0 Å². The molecule has 0 aromatic heterocycles. The maximum absolute atomic E-state index is 8.61. The van der Waals surface area contributed by atoms with Gasteiger partial charge in [-0.2, -0.15) is 0 Å². The average molecular weight is 82.7 g/mol. The Kier molecular flexibility index (Phi) is 3.34. The lowest BCUT2D eigenvalue weighted by atomic mass is 9.33. The summed E-state index contributed by atoms with van der Waals surface area (Å²) in [5.41, 5.74) is 0. The molecule has 0 saturated carbocycles. The van der Waals surface area contributed by atoms with Gasteiger partial charge in [-0.1, -0.05) is 20.1 Å². The van der Waals surface area contributed by atoms with Crippen LogP contribution in [0.3, 0.4) is 0 Å². The van der Waals surface area contributed by atoms with Crippen LogP contribution in [-0.4, -0.2) is 19.0 Å². The van der Waals surface area contributed by atoms with Crippen molar-refractivity contribution in [2.75, 3.05) is 0 Å². The molecule has 0 rings (SSSR count). The van der Waals surface area contributed by atoms with Gasteiger partial charge in [-0.05, 0) is 0 Å². The summed E-state index contributed by atoms with van der Waals surface area (Å²) in [5.74, 6) is 0. The summed E-state index contributed by atoms with van der Waals surface area (Å²) in [5, 5.41) is 8.61. The van der Waals surface area contributed by atoms with Gasteiger partial charge in [0.2, 0.25) is 6.81 Å². The van der Waals surface area contributed by atoms with Crippen molar-refractivity contribution in [2.45, 2.75) is 20.1 Å². The smallest absolute Gasteiger partial charge is 0.241 e. The Morgan fingerprint density at radius 3 is 2.33 bits per heavy atom. The van der Waals surface area contributed by atoms with Gasteiger partial charge in [-0.15, -0.1) is 0 Å². The predicted molar refractivity (Wildman–Crippen MR) is 30.1 cm³/mol. The topological polar surface area (TPSA) is 20.2 Å². The fraction of sp³-hybridized carbons (Fsp3) is 1.00.